The summed E-state index contributed by atoms with van der Waals surface area (Å²) in [5, 5.41) is 2.84. The molecule has 0 bridgehead atoms. The van der Waals surface area contributed by atoms with Gasteiger partial charge in [-0.25, -0.2) is 8.42 Å². The van der Waals surface area contributed by atoms with Crippen LogP contribution < -0.4 is 5.32 Å². The molecule has 2 aliphatic rings. The fraction of sp³-hybridized carbons (Fsp3) is 0.533. The van der Waals surface area contributed by atoms with Crippen molar-refractivity contribution < 1.29 is 17.6 Å². The molecule has 1 amide bonds. The van der Waals surface area contributed by atoms with Crippen LogP contribution in [0.25, 0.3) is 6.08 Å². The number of hydrogen-bond donors (Lipinski definition) is 1. The number of nitrogens with one attached hydrogen (secondary N) is 1. The van der Waals surface area contributed by atoms with E-state index < -0.39 is 9.84 Å². The normalized spacial score (nSPS) is 28.4. The third-order valence-corrected chi connectivity index (χ3v) is 5.92. The fourth-order valence-electron chi connectivity index (χ4n) is 3.17. The van der Waals surface area contributed by atoms with Crippen molar-refractivity contribution in [1.29, 1.82) is 0 Å². The van der Waals surface area contributed by atoms with Gasteiger partial charge in [0.05, 0.1) is 23.8 Å². The Morgan fingerprint density at radius 3 is 2.77 bits per heavy atom. The molecule has 120 valence electrons. The van der Waals surface area contributed by atoms with Crippen LogP contribution in [0.3, 0.4) is 0 Å². The monoisotopic (exact) mass is 324 g/mol. The van der Waals surface area contributed by atoms with Gasteiger partial charge < -0.3 is 9.73 Å². The van der Waals surface area contributed by atoms with Gasteiger partial charge in [0.1, 0.15) is 5.76 Å². The lowest BCUT2D eigenvalue weighted by Gasteiger charge is -2.28. The molecule has 3 rings (SSSR count). The number of carbonyl (C=O) groups is 1. The maximum absolute atomic E-state index is 12.0. The Hall–Kier alpha value is -1.60. The Morgan fingerprint density at radius 2 is 2.09 bits per heavy atom. The first-order valence-electron chi connectivity index (χ1n) is 7.50. The third-order valence-electron chi connectivity index (χ3n) is 4.20. The standard InChI is InChI=1S/C15H20N2O4S/c18-15(6-5-12-4-3-9-21-12)16-13-10-22(19,20)11-14(13)17-7-1-2-8-17/h3-6,9,13-14H,1-2,7-8,10-11H2,(H,16,18)/b6-5+/t13-,14-/m1/s1. The predicted molar refractivity (Wildman–Crippen MR) is 82.9 cm³/mol. The Morgan fingerprint density at radius 1 is 1.32 bits per heavy atom. The number of amides is 1. The molecule has 0 saturated carbocycles. The van der Waals surface area contributed by atoms with Crippen molar-refractivity contribution in [3.8, 4) is 0 Å². The van der Waals surface area contributed by atoms with Gasteiger partial charge in [0.25, 0.3) is 0 Å². The molecule has 0 spiro atoms. The molecule has 0 unspecified atom stereocenters. The summed E-state index contributed by atoms with van der Waals surface area (Å²) < 4.78 is 29.0. The lowest BCUT2D eigenvalue weighted by atomic mass is 10.1. The van der Waals surface area contributed by atoms with Crippen molar-refractivity contribution in [2.75, 3.05) is 24.6 Å². The molecular formula is C15H20N2O4S. The number of rotatable bonds is 4. The van der Waals surface area contributed by atoms with Crippen LogP contribution in [0, 0.1) is 0 Å². The summed E-state index contributed by atoms with van der Waals surface area (Å²) in [6.07, 6.45) is 6.67. The minimum Gasteiger partial charge on any atom is -0.465 e. The zero-order chi connectivity index (χ0) is 15.6. The summed E-state index contributed by atoms with van der Waals surface area (Å²) in [7, 11) is -3.08. The Labute approximate surface area is 130 Å². The van der Waals surface area contributed by atoms with Crippen LogP contribution in [0.2, 0.25) is 0 Å². The van der Waals surface area contributed by atoms with Gasteiger partial charge in [-0.05, 0) is 44.1 Å². The molecule has 7 heteroatoms. The second-order valence-electron chi connectivity index (χ2n) is 5.85. The topological polar surface area (TPSA) is 79.6 Å². The summed E-state index contributed by atoms with van der Waals surface area (Å²) >= 11 is 0. The van der Waals surface area contributed by atoms with E-state index in [0.717, 1.165) is 25.9 Å². The number of furan rings is 1. The van der Waals surface area contributed by atoms with Crippen LogP contribution in [-0.2, 0) is 14.6 Å². The number of sulfone groups is 1. The van der Waals surface area contributed by atoms with Gasteiger partial charge in [0, 0.05) is 12.1 Å². The molecule has 2 fully saturated rings. The van der Waals surface area contributed by atoms with Crippen LogP contribution in [0.4, 0.5) is 0 Å². The summed E-state index contributed by atoms with van der Waals surface area (Å²) in [5.74, 6) is 0.460. The summed E-state index contributed by atoms with van der Waals surface area (Å²) in [6.45, 7) is 1.82. The van der Waals surface area contributed by atoms with Gasteiger partial charge in [-0.15, -0.1) is 0 Å². The molecule has 6 nitrogen and oxygen atoms in total. The van der Waals surface area contributed by atoms with Crippen molar-refractivity contribution >= 4 is 21.8 Å². The SMILES string of the molecule is O=C(/C=C/c1ccco1)N[C@@H]1CS(=O)(=O)C[C@H]1N1CCCC1. The largest absolute Gasteiger partial charge is 0.465 e. The maximum Gasteiger partial charge on any atom is 0.244 e. The highest BCUT2D eigenvalue weighted by molar-refractivity contribution is 7.91. The molecule has 1 aromatic rings. The molecule has 0 radical (unpaired) electrons. The summed E-state index contributed by atoms with van der Waals surface area (Å²) in [4.78, 5) is 14.2. The average Bonchev–Trinajstić information content (AvgIpc) is 3.17. The van der Waals surface area contributed by atoms with Crippen LogP contribution in [0.5, 0.6) is 0 Å². The molecule has 2 saturated heterocycles. The van der Waals surface area contributed by atoms with E-state index in [0.29, 0.717) is 5.76 Å². The zero-order valence-corrected chi connectivity index (χ0v) is 13.1. The number of likely N-dealkylation sites (tertiary alicyclic amines) is 1. The van der Waals surface area contributed by atoms with E-state index in [1.807, 2.05) is 0 Å². The Bertz CT molecular complexity index is 645. The van der Waals surface area contributed by atoms with Gasteiger partial charge in [0.2, 0.25) is 5.91 Å². The van der Waals surface area contributed by atoms with E-state index in [-0.39, 0.29) is 29.5 Å². The predicted octanol–water partition coefficient (Wildman–Crippen LogP) is 0.670. The van der Waals surface area contributed by atoms with Crippen molar-refractivity contribution in [2.24, 2.45) is 0 Å². The van der Waals surface area contributed by atoms with E-state index >= 15 is 0 Å². The van der Waals surface area contributed by atoms with Gasteiger partial charge in [-0.2, -0.15) is 0 Å². The fourth-order valence-corrected chi connectivity index (χ4v) is 5.13. The van der Waals surface area contributed by atoms with E-state index in [2.05, 4.69) is 10.2 Å². The van der Waals surface area contributed by atoms with Gasteiger partial charge >= 0.3 is 0 Å². The highest BCUT2D eigenvalue weighted by Crippen LogP contribution is 2.22. The minimum absolute atomic E-state index is 0.0223. The maximum atomic E-state index is 12.0. The van der Waals surface area contributed by atoms with Crippen LogP contribution >= 0.6 is 0 Å². The van der Waals surface area contributed by atoms with Gasteiger partial charge in [0.15, 0.2) is 9.84 Å². The molecule has 3 heterocycles. The van der Waals surface area contributed by atoms with Crippen molar-refractivity contribution in [3.05, 3.63) is 30.2 Å². The molecule has 1 N–H and O–H groups in total. The highest BCUT2D eigenvalue weighted by Gasteiger charge is 2.42. The molecule has 1 aromatic heterocycles. The zero-order valence-electron chi connectivity index (χ0n) is 12.3. The quantitative estimate of drug-likeness (QED) is 0.824. The summed E-state index contributed by atoms with van der Waals surface area (Å²) in [6, 6.07) is 3.05. The van der Waals surface area contributed by atoms with Crippen LogP contribution in [0.1, 0.15) is 18.6 Å². The molecule has 0 aromatic carbocycles. The minimum atomic E-state index is -3.08. The second kappa shape index (κ2) is 6.26. The first-order valence-corrected chi connectivity index (χ1v) is 9.32. The Balaban J connectivity index is 1.65. The first kappa shape index (κ1) is 15.3. The van der Waals surface area contributed by atoms with Gasteiger partial charge in [-0.3, -0.25) is 9.69 Å². The first-order chi connectivity index (χ1) is 10.5. The molecule has 2 atom stereocenters. The summed E-state index contributed by atoms with van der Waals surface area (Å²) in [5.41, 5.74) is 0. The number of nitrogens with zero attached hydrogens (tertiary/aromatic N) is 1. The molecule has 2 aliphatic heterocycles. The van der Waals surface area contributed by atoms with Crippen molar-refractivity contribution in [3.63, 3.8) is 0 Å². The highest BCUT2D eigenvalue weighted by atomic mass is 32.2. The second-order valence-corrected chi connectivity index (χ2v) is 8.00. The molecule has 0 aliphatic carbocycles. The lowest BCUT2D eigenvalue weighted by molar-refractivity contribution is -0.117. The van der Waals surface area contributed by atoms with Crippen molar-refractivity contribution in [1.82, 2.24) is 10.2 Å². The van der Waals surface area contributed by atoms with E-state index in [4.69, 9.17) is 4.42 Å². The van der Waals surface area contributed by atoms with E-state index in [1.165, 1.54) is 12.3 Å². The van der Waals surface area contributed by atoms with Gasteiger partial charge in [-0.1, -0.05) is 0 Å². The van der Waals surface area contributed by atoms with E-state index in [1.54, 1.807) is 18.2 Å². The van der Waals surface area contributed by atoms with E-state index in [9.17, 15) is 13.2 Å². The molecular weight excluding hydrogens is 304 g/mol. The van der Waals surface area contributed by atoms with Crippen molar-refractivity contribution in [2.45, 2.75) is 24.9 Å². The average molecular weight is 324 g/mol. The lowest BCUT2D eigenvalue weighted by Crippen LogP contribution is -2.49. The Kier molecular flexibility index (Phi) is 4.35. The number of hydrogen-bond acceptors (Lipinski definition) is 5. The van der Waals surface area contributed by atoms with Crippen LogP contribution in [-0.4, -0.2) is 55.9 Å². The van der Waals surface area contributed by atoms with Crippen LogP contribution in [0.15, 0.2) is 28.9 Å². The third kappa shape index (κ3) is 3.59. The smallest absolute Gasteiger partial charge is 0.244 e. The number of carbonyl (C=O) groups excluding carboxylic acids is 1. The molecule has 22 heavy (non-hydrogen) atoms.